The van der Waals surface area contributed by atoms with Crippen molar-refractivity contribution in [1.82, 2.24) is 20.2 Å². The van der Waals surface area contributed by atoms with Gasteiger partial charge < -0.3 is 24.4 Å². The molecule has 1 aromatic heterocycles. The van der Waals surface area contributed by atoms with Crippen molar-refractivity contribution in [3.8, 4) is 5.88 Å². The van der Waals surface area contributed by atoms with Gasteiger partial charge in [0.25, 0.3) is 0 Å². The number of ketones is 1. The molecule has 1 aliphatic carbocycles. The van der Waals surface area contributed by atoms with Crippen LogP contribution in [0.2, 0.25) is 0 Å². The number of carbonyl (C=O) groups excluding carboxylic acids is 4. The van der Waals surface area contributed by atoms with Crippen LogP contribution in [0, 0.1) is 16.7 Å². The van der Waals surface area contributed by atoms with Crippen LogP contribution < -0.4 is 10.1 Å². The number of cyclic esters (lactones) is 1. The van der Waals surface area contributed by atoms with Gasteiger partial charge in [0.15, 0.2) is 11.5 Å². The number of hydrogen-bond donors (Lipinski definition) is 1. The maximum Gasteiger partial charge on any atom is 0.407 e. The summed E-state index contributed by atoms with van der Waals surface area (Å²) in [7, 11) is 0. The van der Waals surface area contributed by atoms with Crippen LogP contribution in [0.4, 0.5) is 13.6 Å². The van der Waals surface area contributed by atoms with Crippen LogP contribution in [-0.2, 0) is 29.8 Å². The fourth-order valence-electron chi connectivity index (χ4n) is 7.48. The molecule has 4 aliphatic rings. The molecule has 6 rings (SSSR count). The summed E-state index contributed by atoms with van der Waals surface area (Å²) in [6.07, 6.45) is 8.73. The predicted octanol–water partition coefficient (Wildman–Crippen LogP) is 6.59. The van der Waals surface area contributed by atoms with Gasteiger partial charge in [-0.3, -0.25) is 14.4 Å². The zero-order valence-electron chi connectivity index (χ0n) is 30.1. The highest BCUT2D eigenvalue weighted by molar-refractivity contribution is 5.96. The summed E-state index contributed by atoms with van der Waals surface area (Å²) in [6.45, 7) is 5.45. The van der Waals surface area contributed by atoms with Crippen molar-refractivity contribution in [3.63, 3.8) is 0 Å². The average Bonchev–Trinajstić information content (AvgIpc) is 3.64. The molecule has 2 amide bonds. The number of benzene rings is 1. The van der Waals surface area contributed by atoms with Crippen molar-refractivity contribution in [1.29, 1.82) is 0 Å². The second kappa shape index (κ2) is 15.3. The maximum atomic E-state index is 16.0. The number of carbonyl (C=O) groups is 4. The number of fused-ring (bicyclic) bond motifs is 5. The van der Waals surface area contributed by atoms with Crippen molar-refractivity contribution in [2.24, 2.45) is 16.7 Å². The van der Waals surface area contributed by atoms with Gasteiger partial charge in [-0.2, -0.15) is 8.78 Å². The van der Waals surface area contributed by atoms with Crippen molar-refractivity contribution < 1.29 is 42.2 Å². The number of ether oxygens (including phenoxy) is 3. The third-order valence-corrected chi connectivity index (χ3v) is 10.6. The Labute approximate surface area is 302 Å². The second-order valence-electron chi connectivity index (χ2n) is 15.2. The molecular weight excluding hydrogens is 674 g/mol. The number of esters is 1. The average molecular weight is 723 g/mol. The Morgan fingerprint density at radius 2 is 1.83 bits per heavy atom. The molecule has 13 heteroatoms. The smallest absolute Gasteiger partial charge is 0.407 e. The molecule has 3 bridgehead atoms. The number of rotatable bonds is 2. The molecule has 280 valence electrons. The van der Waals surface area contributed by atoms with Gasteiger partial charge >= 0.3 is 18.0 Å². The van der Waals surface area contributed by atoms with Crippen LogP contribution in [0.3, 0.4) is 0 Å². The van der Waals surface area contributed by atoms with Gasteiger partial charge in [-0.25, -0.2) is 14.8 Å². The largest absolute Gasteiger partial charge is 0.471 e. The van der Waals surface area contributed by atoms with E-state index in [-0.39, 0.29) is 56.2 Å². The van der Waals surface area contributed by atoms with Crippen LogP contribution in [0.5, 0.6) is 5.88 Å². The Hall–Kier alpha value is -4.42. The molecule has 3 aliphatic heterocycles. The molecule has 0 unspecified atom stereocenters. The van der Waals surface area contributed by atoms with Crippen LogP contribution in [-0.4, -0.2) is 76.6 Å². The predicted molar refractivity (Wildman–Crippen MR) is 187 cm³/mol. The lowest BCUT2D eigenvalue weighted by atomic mass is 9.89. The number of amides is 2. The molecule has 2 fully saturated rings. The molecule has 0 radical (unpaired) electrons. The van der Waals surface area contributed by atoms with Gasteiger partial charge in [0.1, 0.15) is 12.1 Å². The van der Waals surface area contributed by atoms with Crippen molar-refractivity contribution in [2.45, 2.75) is 109 Å². The quantitative estimate of drug-likeness (QED) is 0.269. The van der Waals surface area contributed by atoms with E-state index in [0.717, 1.165) is 25.3 Å². The van der Waals surface area contributed by atoms with Gasteiger partial charge in [-0.15, -0.1) is 0 Å². The number of aromatic nitrogens is 2. The van der Waals surface area contributed by atoms with Crippen molar-refractivity contribution in [2.75, 3.05) is 19.8 Å². The van der Waals surface area contributed by atoms with E-state index < -0.39 is 64.5 Å². The molecule has 1 saturated heterocycles. The second-order valence-corrected chi connectivity index (χ2v) is 15.2. The molecular formula is C39H48F2N4O7. The lowest BCUT2D eigenvalue weighted by Crippen LogP contribution is -2.52. The van der Waals surface area contributed by atoms with E-state index in [4.69, 9.17) is 14.2 Å². The summed E-state index contributed by atoms with van der Waals surface area (Å²) in [5, 5.41) is 2.76. The maximum absolute atomic E-state index is 16.0. The van der Waals surface area contributed by atoms with Crippen LogP contribution in [0.1, 0.15) is 90.7 Å². The highest BCUT2D eigenvalue weighted by atomic mass is 19.3. The van der Waals surface area contributed by atoms with Crippen LogP contribution in [0.15, 0.2) is 48.6 Å². The number of hydrogen-bond acceptors (Lipinski definition) is 9. The third-order valence-electron chi connectivity index (χ3n) is 10.6. The highest BCUT2D eigenvalue weighted by Gasteiger charge is 2.61. The lowest BCUT2D eigenvalue weighted by Gasteiger charge is -2.30. The van der Waals surface area contributed by atoms with E-state index in [1.807, 2.05) is 26.0 Å². The van der Waals surface area contributed by atoms with Crippen molar-refractivity contribution >= 4 is 34.8 Å². The van der Waals surface area contributed by atoms with Gasteiger partial charge in [-0.05, 0) is 75.0 Å². The fourth-order valence-corrected chi connectivity index (χ4v) is 7.48. The molecule has 2 aromatic rings. The molecule has 11 nitrogen and oxygen atoms in total. The SMILES string of the molecule is CCOC(=O)[C@]12CC(=O)[C@@H]3C[C@@H]4CN3C(=O)[C@H](CCCCC/C=C\[C@H]1C2)NC(=O)OCC(C)(C)CC/C=C/C(F)(F)c1nc2ccccc2nc1O4. The summed E-state index contributed by atoms with van der Waals surface area (Å²) in [5.41, 5.74) is -1.68. The first-order chi connectivity index (χ1) is 24.8. The number of nitrogens with one attached hydrogen (secondary N) is 1. The number of Topliss-reactive ketones (excluding diaryl/α,β-unsaturated/α-hetero) is 1. The Morgan fingerprint density at radius 3 is 2.60 bits per heavy atom. The molecule has 1 aromatic carbocycles. The van der Waals surface area contributed by atoms with E-state index in [2.05, 4.69) is 15.3 Å². The third kappa shape index (κ3) is 8.28. The van der Waals surface area contributed by atoms with E-state index in [9.17, 15) is 19.2 Å². The molecule has 1 N–H and O–H groups in total. The van der Waals surface area contributed by atoms with Gasteiger partial charge in [0.05, 0.1) is 42.2 Å². The summed E-state index contributed by atoms with van der Waals surface area (Å²) < 4.78 is 49.2. The first kappa shape index (κ1) is 37.3. The normalized spacial score (nSPS) is 30.9. The topological polar surface area (TPSA) is 137 Å². The molecule has 1 saturated carbocycles. The number of allylic oxidation sites excluding steroid dienone is 4. The van der Waals surface area contributed by atoms with Crippen LogP contribution >= 0.6 is 0 Å². The Kier molecular flexibility index (Phi) is 11.0. The monoisotopic (exact) mass is 722 g/mol. The molecule has 4 heterocycles. The van der Waals surface area contributed by atoms with Crippen molar-refractivity contribution in [3.05, 3.63) is 54.3 Å². The molecule has 5 atom stereocenters. The van der Waals surface area contributed by atoms with E-state index in [0.29, 0.717) is 31.2 Å². The number of alkyl carbamates (subject to hydrolysis) is 1. The summed E-state index contributed by atoms with van der Waals surface area (Å²) in [5.74, 6) is -5.48. The number of nitrogens with zero attached hydrogens (tertiary/aromatic N) is 3. The molecule has 0 spiro atoms. The number of alkyl halides is 2. The summed E-state index contributed by atoms with van der Waals surface area (Å²) >= 11 is 0. The van der Waals surface area contributed by atoms with E-state index >= 15 is 8.78 Å². The van der Waals surface area contributed by atoms with E-state index in [1.165, 1.54) is 11.0 Å². The Morgan fingerprint density at radius 1 is 1.06 bits per heavy atom. The minimum atomic E-state index is -3.57. The van der Waals surface area contributed by atoms with Gasteiger partial charge in [-0.1, -0.05) is 57.0 Å². The minimum Gasteiger partial charge on any atom is -0.471 e. The lowest BCUT2D eigenvalue weighted by molar-refractivity contribution is -0.152. The van der Waals surface area contributed by atoms with E-state index in [1.54, 1.807) is 31.2 Å². The number of halogens is 2. The zero-order valence-corrected chi connectivity index (χ0v) is 30.1. The Bertz CT molecular complexity index is 1750. The fraction of sp³-hybridized carbons (Fsp3) is 0.590. The first-order valence-electron chi connectivity index (χ1n) is 18.4. The standard InChI is InChI=1S/C39H48F2N4O7/c1-4-50-35(48)38-21-25(38)14-8-6-5-7-9-17-29-34(47)45-23-26(20-30(45)31(46)22-38)52-33-32(42-27-15-10-11-16-28(27)43-33)39(40,41)19-13-12-18-37(2,3)24-51-36(49)44-29/h8,10-11,13-16,19,25-26,29-30H,4-7,9,12,17-18,20-24H2,1-3H3,(H,44,49)/b14-8-,19-13+/t25-,26+,29-,30-,38+/m0/s1. The van der Waals surface area contributed by atoms with Gasteiger partial charge in [0.2, 0.25) is 11.8 Å². The Balaban J connectivity index is 1.40. The highest BCUT2D eigenvalue weighted by Crippen LogP contribution is 2.57. The summed E-state index contributed by atoms with van der Waals surface area (Å²) in [4.78, 5) is 65.3. The minimum absolute atomic E-state index is 0.00550. The first-order valence-corrected chi connectivity index (χ1v) is 18.4. The van der Waals surface area contributed by atoms with Gasteiger partial charge in [0, 0.05) is 12.8 Å². The summed E-state index contributed by atoms with van der Waals surface area (Å²) in [6, 6.07) is 4.56. The van der Waals surface area contributed by atoms with Crippen LogP contribution in [0.25, 0.3) is 11.0 Å². The number of para-hydroxylation sites is 2. The molecule has 52 heavy (non-hydrogen) atoms. The zero-order chi connectivity index (χ0) is 37.1.